The van der Waals surface area contributed by atoms with E-state index in [4.69, 9.17) is 0 Å². The average Bonchev–Trinajstić information content (AvgIpc) is 3.32. The van der Waals surface area contributed by atoms with Gasteiger partial charge >= 0.3 is 0 Å². The molecule has 25 heavy (non-hydrogen) atoms. The fourth-order valence-corrected chi connectivity index (χ4v) is 5.96. The Hall–Kier alpha value is -1.29. The number of hydrogen-bond donors (Lipinski definition) is 1. The molecule has 1 aliphatic rings. The van der Waals surface area contributed by atoms with Crippen molar-refractivity contribution in [2.45, 2.75) is 18.4 Å². The summed E-state index contributed by atoms with van der Waals surface area (Å²) < 4.78 is 26.9. The van der Waals surface area contributed by atoms with Crippen LogP contribution in [-0.2, 0) is 16.6 Å². The van der Waals surface area contributed by atoms with Gasteiger partial charge in [0.25, 0.3) is 5.91 Å². The van der Waals surface area contributed by atoms with E-state index in [1.807, 2.05) is 24.4 Å². The molecule has 1 saturated heterocycles. The molecule has 9 heteroatoms. The highest BCUT2D eigenvalue weighted by Gasteiger charge is 2.28. The van der Waals surface area contributed by atoms with Gasteiger partial charge in [0, 0.05) is 42.2 Å². The Balaban J connectivity index is 1.76. The number of hydrogen-bond acceptors (Lipinski definition) is 5. The quantitative estimate of drug-likeness (QED) is 0.810. The minimum absolute atomic E-state index is 0.162. The first kappa shape index (κ1) is 18.5. The Morgan fingerprint density at radius 1 is 1.36 bits per heavy atom. The van der Waals surface area contributed by atoms with Gasteiger partial charge in [-0.2, -0.15) is 16.1 Å². The monoisotopic (exact) mass is 399 g/mol. The highest BCUT2D eigenvalue weighted by molar-refractivity contribution is 7.99. The van der Waals surface area contributed by atoms with Crippen molar-refractivity contribution >= 4 is 39.0 Å². The van der Waals surface area contributed by atoms with Gasteiger partial charge in [0.1, 0.15) is 10.6 Å². The van der Waals surface area contributed by atoms with Gasteiger partial charge in [-0.3, -0.25) is 4.79 Å². The number of sulfonamides is 1. The minimum Gasteiger partial charge on any atom is -0.356 e. The summed E-state index contributed by atoms with van der Waals surface area (Å²) in [5.74, 6) is 1.42. The van der Waals surface area contributed by atoms with E-state index in [0.717, 1.165) is 16.4 Å². The zero-order chi connectivity index (χ0) is 17.9. The number of aromatic amines is 1. The lowest BCUT2D eigenvalue weighted by atomic mass is 10.3. The zero-order valence-corrected chi connectivity index (χ0v) is 16.4. The zero-order valence-electron chi connectivity index (χ0n) is 14.0. The van der Waals surface area contributed by atoms with Crippen LogP contribution in [0, 0.1) is 0 Å². The molecular weight excluding hydrogens is 378 g/mol. The van der Waals surface area contributed by atoms with Gasteiger partial charge < -0.3 is 9.88 Å². The number of nitrogens with zero attached hydrogens (tertiary/aromatic N) is 2. The van der Waals surface area contributed by atoms with E-state index >= 15 is 0 Å². The number of rotatable bonds is 6. The van der Waals surface area contributed by atoms with Crippen LogP contribution in [0.4, 0.5) is 0 Å². The minimum atomic E-state index is -3.54. The largest absolute Gasteiger partial charge is 0.356 e. The molecule has 2 aromatic rings. The van der Waals surface area contributed by atoms with Crippen molar-refractivity contribution in [3.63, 3.8) is 0 Å². The van der Waals surface area contributed by atoms with Crippen molar-refractivity contribution in [2.75, 3.05) is 31.1 Å². The van der Waals surface area contributed by atoms with Gasteiger partial charge in [0.05, 0.1) is 6.54 Å². The van der Waals surface area contributed by atoms with Crippen LogP contribution < -0.4 is 0 Å². The molecule has 0 saturated carbocycles. The molecule has 0 spiro atoms. The van der Waals surface area contributed by atoms with Gasteiger partial charge in [-0.25, -0.2) is 8.42 Å². The van der Waals surface area contributed by atoms with E-state index in [1.165, 1.54) is 16.6 Å². The molecule has 1 aliphatic heterocycles. The lowest BCUT2D eigenvalue weighted by Crippen LogP contribution is -2.37. The third kappa shape index (κ3) is 4.11. The lowest BCUT2D eigenvalue weighted by Gasteiger charge is -2.25. The smallest absolute Gasteiger partial charge is 0.270 e. The number of amides is 1. The number of thioether (sulfide) groups is 1. The van der Waals surface area contributed by atoms with Crippen molar-refractivity contribution in [3.8, 4) is 0 Å². The molecule has 136 valence electrons. The molecule has 0 aromatic carbocycles. The van der Waals surface area contributed by atoms with Gasteiger partial charge in [-0.05, 0) is 24.4 Å². The molecule has 0 unspecified atom stereocenters. The third-order valence-electron chi connectivity index (χ3n) is 4.09. The molecule has 0 aliphatic carbocycles. The summed E-state index contributed by atoms with van der Waals surface area (Å²) in [4.78, 5) is 18.5. The first-order valence-electron chi connectivity index (χ1n) is 8.10. The third-order valence-corrected chi connectivity index (χ3v) is 7.77. The van der Waals surface area contributed by atoms with Crippen LogP contribution in [-0.4, -0.2) is 59.7 Å². The molecule has 0 radical (unpaired) electrons. The van der Waals surface area contributed by atoms with Crippen LogP contribution in [0.15, 0.2) is 34.7 Å². The summed E-state index contributed by atoms with van der Waals surface area (Å²) in [5.41, 5.74) is 0.309. The summed E-state index contributed by atoms with van der Waals surface area (Å²) in [5, 5.41) is 1.98. The number of carbonyl (C=O) groups is 1. The molecule has 2 aromatic heterocycles. The van der Waals surface area contributed by atoms with Crippen molar-refractivity contribution < 1.29 is 13.2 Å². The van der Waals surface area contributed by atoms with Crippen LogP contribution >= 0.6 is 23.1 Å². The van der Waals surface area contributed by atoms with E-state index in [-0.39, 0.29) is 10.8 Å². The van der Waals surface area contributed by atoms with E-state index in [9.17, 15) is 13.2 Å². The molecule has 3 heterocycles. The van der Waals surface area contributed by atoms with Crippen LogP contribution in [0.5, 0.6) is 0 Å². The molecule has 1 N–H and O–H groups in total. The van der Waals surface area contributed by atoms with Crippen LogP contribution in [0.3, 0.4) is 0 Å². The van der Waals surface area contributed by atoms with E-state index in [0.29, 0.717) is 31.9 Å². The second-order valence-corrected chi connectivity index (χ2v) is 9.86. The Morgan fingerprint density at radius 2 is 2.12 bits per heavy atom. The molecule has 1 fully saturated rings. The van der Waals surface area contributed by atoms with Crippen LogP contribution in [0.25, 0.3) is 0 Å². The Bertz CT molecular complexity index is 809. The van der Waals surface area contributed by atoms with Crippen LogP contribution in [0.1, 0.15) is 22.3 Å². The van der Waals surface area contributed by atoms with Gasteiger partial charge in [-0.15, -0.1) is 11.3 Å². The molecule has 3 rings (SSSR count). The summed E-state index contributed by atoms with van der Waals surface area (Å²) in [6, 6.07) is 5.39. The van der Waals surface area contributed by atoms with E-state index in [1.54, 1.807) is 28.0 Å². The molecule has 0 atom stereocenters. The first-order chi connectivity index (χ1) is 12.0. The fraction of sp³-hybridized carbons (Fsp3) is 0.438. The normalized spacial score (nSPS) is 16.0. The standard InChI is InChI=1S/C16H21N3O3S3/c1-2-18(12-13-4-3-7-24-13)16(20)15-10-14(11-17-15)25(21,22)19-5-8-23-9-6-19/h3-4,7,10-11,17H,2,5-6,8-9,12H2,1H3. The van der Waals surface area contributed by atoms with E-state index in [2.05, 4.69) is 4.98 Å². The summed E-state index contributed by atoms with van der Waals surface area (Å²) in [7, 11) is -3.54. The SMILES string of the molecule is CCN(Cc1cccs1)C(=O)c1cc(S(=O)(=O)N2CCSCC2)c[nH]1. The number of thiophene rings is 1. The summed E-state index contributed by atoms with van der Waals surface area (Å²) in [6.45, 7) is 4.03. The number of carbonyl (C=O) groups excluding carboxylic acids is 1. The first-order valence-corrected chi connectivity index (χ1v) is 11.6. The van der Waals surface area contributed by atoms with Gasteiger partial charge in [0.15, 0.2) is 0 Å². The number of H-pyrrole nitrogens is 1. The van der Waals surface area contributed by atoms with Crippen molar-refractivity contribution in [3.05, 3.63) is 40.3 Å². The van der Waals surface area contributed by atoms with Crippen LogP contribution in [0.2, 0.25) is 0 Å². The van der Waals surface area contributed by atoms with Crippen molar-refractivity contribution in [1.29, 1.82) is 0 Å². The highest BCUT2D eigenvalue weighted by Crippen LogP contribution is 2.22. The second-order valence-electron chi connectivity index (χ2n) is 5.66. The predicted molar refractivity (Wildman–Crippen MR) is 102 cm³/mol. The maximum absolute atomic E-state index is 12.7. The fourth-order valence-electron chi connectivity index (χ4n) is 2.67. The van der Waals surface area contributed by atoms with Crippen molar-refractivity contribution in [1.82, 2.24) is 14.2 Å². The summed E-state index contributed by atoms with van der Waals surface area (Å²) in [6.07, 6.45) is 1.42. The highest BCUT2D eigenvalue weighted by atomic mass is 32.2. The Labute approximate surface area is 156 Å². The predicted octanol–water partition coefficient (Wildman–Crippen LogP) is 2.48. The second kappa shape index (κ2) is 7.94. The average molecular weight is 400 g/mol. The van der Waals surface area contributed by atoms with Gasteiger partial charge in [-0.1, -0.05) is 6.07 Å². The topological polar surface area (TPSA) is 73.5 Å². The summed E-state index contributed by atoms with van der Waals surface area (Å²) >= 11 is 3.35. The lowest BCUT2D eigenvalue weighted by molar-refractivity contribution is 0.0749. The Kier molecular flexibility index (Phi) is 5.88. The maximum atomic E-state index is 12.7. The number of nitrogens with one attached hydrogen (secondary N) is 1. The van der Waals surface area contributed by atoms with Gasteiger partial charge in [0.2, 0.25) is 10.0 Å². The molecule has 6 nitrogen and oxygen atoms in total. The molecule has 1 amide bonds. The number of aromatic nitrogens is 1. The molecule has 0 bridgehead atoms. The maximum Gasteiger partial charge on any atom is 0.270 e. The van der Waals surface area contributed by atoms with Crippen molar-refractivity contribution in [2.24, 2.45) is 0 Å². The van der Waals surface area contributed by atoms with E-state index < -0.39 is 10.0 Å². The molecular formula is C16H21N3O3S3. The Morgan fingerprint density at radius 3 is 2.76 bits per heavy atom.